The number of aromatic nitrogens is 2. The van der Waals surface area contributed by atoms with Crippen LogP contribution in [0.1, 0.15) is 12.3 Å². The average Bonchev–Trinajstić information content (AvgIpc) is 3.40. The monoisotopic (exact) mass is 422 g/mol. The van der Waals surface area contributed by atoms with Crippen molar-refractivity contribution in [2.75, 3.05) is 31.0 Å². The van der Waals surface area contributed by atoms with E-state index >= 15 is 0 Å². The molecule has 2 aromatic carbocycles. The summed E-state index contributed by atoms with van der Waals surface area (Å²) < 4.78 is 15.5. The first-order valence-corrected chi connectivity index (χ1v) is 9.72. The van der Waals surface area contributed by atoms with Gasteiger partial charge in [0.15, 0.2) is 0 Å². The molecule has 160 valence electrons. The van der Waals surface area contributed by atoms with Gasteiger partial charge in [0.05, 0.1) is 25.8 Å². The van der Waals surface area contributed by atoms with E-state index < -0.39 is 5.92 Å². The molecule has 31 heavy (non-hydrogen) atoms. The Balaban J connectivity index is 1.49. The summed E-state index contributed by atoms with van der Waals surface area (Å²) in [5.41, 5.74) is 1.94. The van der Waals surface area contributed by atoms with Crippen molar-refractivity contribution in [1.29, 1.82) is 0 Å². The van der Waals surface area contributed by atoms with Gasteiger partial charge in [-0.3, -0.25) is 9.59 Å². The summed E-state index contributed by atoms with van der Waals surface area (Å²) in [5.74, 6) is 1.16. The second-order valence-corrected chi connectivity index (χ2v) is 7.15. The minimum atomic E-state index is -0.490. The van der Waals surface area contributed by atoms with Crippen molar-refractivity contribution in [2.24, 2.45) is 5.92 Å². The lowest BCUT2D eigenvalue weighted by Crippen LogP contribution is -2.28. The Morgan fingerprint density at radius 2 is 2.03 bits per heavy atom. The van der Waals surface area contributed by atoms with E-state index in [0.29, 0.717) is 34.6 Å². The molecule has 0 radical (unpaired) electrons. The number of carbonyl (C=O) groups excluding carboxylic acids is 2. The van der Waals surface area contributed by atoms with E-state index in [0.717, 1.165) is 5.56 Å². The van der Waals surface area contributed by atoms with Crippen molar-refractivity contribution in [3.05, 3.63) is 48.4 Å². The normalized spacial score (nSPS) is 15.8. The number of rotatable bonds is 6. The van der Waals surface area contributed by atoms with Crippen LogP contribution in [0.5, 0.6) is 11.5 Å². The SMILES string of the molecule is COc1ccc(NC(=O)[C@H]2CC(=O)N(c3cccc(-c4noc(C)n4)c3)C2)c(OC)c1. The van der Waals surface area contributed by atoms with Crippen molar-refractivity contribution in [3.63, 3.8) is 0 Å². The zero-order chi connectivity index (χ0) is 22.0. The van der Waals surface area contributed by atoms with Crippen LogP contribution in [0, 0.1) is 12.8 Å². The maximum atomic E-state index is 12.8. The smallest absolute Gasteiger partial charge is 0.229 e. The lowest BCUT2D eigenvalue weighted by molar-refractivity contribution is -0.122. The molecule has 0 bridgehead atoms. The quantitative estimate of drug-likeness (QED) is 0.651. The van der Waals surface area contributed by atoms with Crippen molar-refractivity contribution in [3.8, 4) is 22.9 Å². The largest absolute Gasteiger partial charge is 0.497 e. The van der Waals surface area contributed by atoms with E-state index in [4.69, 9.17) is 14.0 Å². The third-order valence-corrected chi connectivity index (χ3v) is 5.11. The highest BCUT2D eigenvalue weighted by Gasteiger charge is 2.35. The first-order valence-electron chi connectivity index (χ1n) is 9.72. The molecule has 2 heterocycles. The number of anilines is 2. The number of benzene rings is 2. The predicted molar refractivity (Wildman–Crippen MR) is 113 cm³/mol. The Morgan fingerprint density at radius 1 is 1.19 bits per heavy atom. The van der Waals surface area contributed by atoms with Crippen LogP contribution < -0.4 is 19.7 Å². The second kappa shape index (κ2) is 8.47. The van der Waals surface area contributed by atoms with E-state index in [1.165, 1.54) is 7.11 Å². The summed E-state index contributed by atoms with van der Waals surface area (Å²) in [6, 6.07) is 12.4. The minimum Gasteiger partial charge on any atom is -0.497 e. The van der Waals surface area contributed by atoms with Gasteiger partial charge in [-0.15, -0.1) is 0 Å². The van der Waals surface area contributed by atoms with Crippen molar-refractivity contribution in [1.82, 2.24) is 10.1 Å². The minimum absolute atomic E-state index is 0.121. The predicted octanol–water partition coefficient (Wildman–Crippen LogP) is 3.05. The average molecular weight is 422 g/mol. The van der Waals surface area contributed by atoms with E-state index in [-0.39, 0.29) is 24.8 Å². The topological polar surface area (TPSA) is 107 Å². The third-order valence-electron chi connectivity index (χ3n) is 5.11. The number of aryl methyl sites for hydroxylation is 1. The van der Waals surface area contributed by atoms with E-state index in [1.807, 2.05) is 24.3 Å². The fourth-order valence-electron chi connectivity index (χ4n) is 3.50. The Kier molecular flexibility index (Phi) is 5.57. The number of hydrogen-bond donors (Lipinski definition) is 1. The first-order chi connectivity index (χ1) is 15.0. The van der Waals surface area contributed by atoms with Gasteiger partial charge in [0.1, 0.15) is 11.5 Å². The van der Waals surface area contributed by atoms with Gasteiger partial charge in [0, 0.05) is 37.2 Å². The maximum absolute atomic E-state index is 12.8. The molecule has 9 nitrogen and oxygen atoms in total. The maximum Gasteiger partial charge on any atom is 0.229 e. The van der Waals surface area contributed by atoms with Gasteiger partial charge in [-0.05, 0) is 24.3 Å². The number of nitrogens with one attached hydrogen (secondary N) is 1. The van der Waals surface area contributed by atoms with E-state index in [1.54, 1.807) is 37.1 Å². The molecule has 0 spiro atoms. The highest BCUT2D eigenvalue weighted by molar-refractivity contribution is 6.04. The fourth-order valence-corrected chi connectivity index (χ4v) is 3.50. The van der Waals surface area contributed by atoms with Crippen LogP contribution in [0.15, 0.2) is 47.0 Å². The van der Waals surface area contributed by atoms with Gasteiger partial charge in [-0.1, -0.05) is 17.3 Å². The van der Waals surface area contributed by atoms with Crippen molar-refractivity contribution in [2.45, 2.75) is 13.3 Å². The fraction of sp³-hybridized carbons (Fsp3) is 0.273. The highest BCUT2D eigenvalue weighted by atomic mass is 16.5. The lowest BCUT2D eigenvalue weighted by atomic mass is 10.1. The molecule has 2 amide bonds. The second-order valence-electron chi connectivity index (χ2n) is 7.15. The molecule has 4 rings (SSSR count). The summed E-state index contributed by atoms with van der Waals surface area (Å²) >= 11 is 0. The van der Waals surface area contributed by atoms with Crippen LogP contribution in [-0.4, -0.2) is 42.7 Å². The molecule has 0 unspecified atom stereocenters. The zero-order valence-corrected chi connectivity index (χ0v) is 17.4. The summed E-state index contributed by atoms with van der Waals surface area (Å²) in [5, 5.41) is 6.77. The Bertz CT molecular complexity index is 1130. The van der Waals surface area contributed by atoms with Gasteiger partial charge >= 0.3 is 0 Å². The van der Waals surface area contributed by atoms with Crippen molar-refractivity contribution < 1.29 is 23.6 Å². The Hall–Kier alpha value is -3.88. The molecule has 9 heteroatoms. The third kappa shape index (κ3) is 4.20. The molecule has 0 aliphatic carbocycles. The number of ether oxygens (including phenoxy) is 2. The van der Waals surface area contributed by atoms with Gasteiger partial charge in [0.2, 0.25) is 23.5 Å². The van der Waals surface area contributed by atoms with Gasteiger partial charge < -0.3 is 24.2 Å². The summed E-state index contributed by atoms with van der Waals surface area (Å²) in [6.07, 6.45) is 0.121. The standard InChI is InChI=1S/C22H22N4O5/c1-13-23-21(25-31-13)14-5-4-6-16(9-14)26-12-15(10-20(26)27)22(28)24-18-8-7-17(29-2)11-19(18)30-3/h4-9,11,15H,10,12H2,1-3H3,(H,24,28)/t15-/m0/s1. The number of nitrogens with zero attached hydrogens (tertiary/aromatic N) is 3. The number of amides is 2. The number of hydrogen-bond acceptors (Lipinski definition) is 7. The molecule has 0 saturated carbocycles. The molecular weight excluding hydrogens is 400 g/mol. The Morgan fingerprint density at radius 3 is 2.74 bits per heavy atom. The molecule has 1 N–H and O–H groups in total. The van der Waals surface area contributed by atoms with Gasteiger partial charge in [-0.25, -0.2) is 0 Å². The van der Waals surface area contributed by atoms with Crippen LogP contribution in [0.25, 0.3) is 11.4 Å². The lowest BCUT2D eigenvalue weighted by Gasteiger charge is -2.18. The zero-order valence-electron chi connectivity index (χ0n) is 17.4. The van der Waals surface area contributed by atoms with Gasteiger partial charge in [-0.2, -0.15) is 4.98 Å². The summed E-state index contributed by atoms with van der Waals surface area (Å²) in [7, 11) is 3.07. The first kappa shape index (κ1) is 20.4. The molecule has 1 atom stereocenters. The van der Waals surface area contributed by atoms with Crippen LogP contribution in [0.4, 0.5) is 11.4 Å². The molecular formula is C22H22N4O5. The number of methoxy groups -OCH3 is 2. The Labute approximate surface area is 179 Å². The molecule has 1 aliphatic rings. The molecule has 1 aromatic heterocycles. The highest BCUT2D eigenvalue weighted by Crippen LogP contribution is 2.32. The van der Waals surface area contributed by atoms with Crippen LogP contribution in [0.3, 0.4) is 0 Å². The summed E-state index contributed by atoms with van der Waals surface area (Å²) in [4.78, 5) is 31.3. The number of carbonyl (C=O) groups is 2. The van der Waals surface area contributed by atoms with Crippen molar-refractivity contribution >= 4 is 23.2 Å². The molecule has 3 aromatic rings. The van der Waals surface area contributed by atoms with Crippen LogP contribution in [0.2, 0.25) is 0 Å². The van der Waals surface area contributed by atoms with Crippen LogP contribution in [-0.2, 0) is 9.59 Å². The molecule has 1 aliphatic heterocycles. The van der Waals surface area contributed by atoms with Crippen LogP contribution >= 0.6 is 0 Å². The molecule has 1 saturated heterocycles. The van der Waals surface area contributed by atoms with E-state index in [9.17, 15) is 9.59 Å². The molecule has 1 fully saturated rings. The van der Waals surface area contributed by atoms with Gasteiger partial charge in [0.25, 0.3) is 0 Å². The summed E-state index contributed by atoms with van der Waals surface area (Å²) in [6.45, 7) is 1.99. The van der Waals surface area contributed by atoms with E-state index in [2.05, 4.69) is 15.5 Å².